The highest BCUT2D eigenvalue weighted by Crippen LogP contribution is 2.36. The van der Waals surface area contributed by atoms with Crippen molar-refractivity contribution in [3.8, 4) is 17.2 Å². The van der Waals surface area contributed by atoms with Gasteiger partial charge in [0.05, 0.1) is 35.3 Å². The molecule has 5 rings (SSSR count). The van der Waals surface area contributed by atoms with Crippen LogP contribution in [0.2, 0.25) is 0 Å². The van der Waals surface area contributed by atoms with Crippen LogP contribution in [0.25, 0.3) is 11.1 Å². The molecule has 2 heterocycles. The Morgan fingerprint density at radius 1 is 1.20 bits per heavy atom. The highest BCUT2D eigenvalue weighted by Gasteiger charge is 2.42. The number of hydrogen-bond donors (Lipinski definition) is 1. The van der Waals surface area contributed by atoms with Crippen molar-refractivity contribution in [2.75, 3.05) is 0 Å². The van der Waals surface area contributed by atoms with Crippen LogP contribution in [0.1, 0.15) is 31.2 Å². The van der Waals surface area contributed by atoms with Crippen molar-refractivity contribution in [2.45, 2.75) is 49.1 Å². The summed E-state index contributed by atoms with van der Waals surface area (Å²) in [5.74, 6) is -0.725. The maximum Gasteiger partial charge on any atom is 0.282 e. The quantitative estimate of drug-likeness (QED) is 0.514. The van der Waals surface area contributed by atoms with Crippen molar-refractivity contribution >= 4 is 15.8 Å². The van der Waals surface area contributed by atoms with Gasteiger partial charge in [0.25, 0.3) is 10.0 Å². The summed E-state index contributed by atoms with van der Waals surface area (Å²) in [5.41, 5.74) is 1.26. The van der Waals surface area contributed by atoms with Gasteiger partial charge in [-0.25, -0.2) is 4.39 Å². The fraction of sp³-hybridized carbons (Fsp3) is 0.346. The van der Waals surface area contributed by atoms with E-state index in [2.05, 4.69) is 16.5 Å². The molecule has 2 fully saturated rings. The van der Waals surface area contributed by atoms with E-state index in [1.807, 2.05) is 0 Å². The predicted molar refractivity (Wildman–Crippen MR) is 127 cm³/mol. The topological polar surface area (TPSA) is 105 Å². The Bertz CT molecular complexity index is 1400. The number of halogens is 1. The van der Waals surface area contributed by atoms with Gasteiger partial charge in [-0.3, -0.25) is 4.79 Å². The monoisotopic (exact) mass is 492 g/mol. The molecule has 0 amide bonds. The summed E-state index contributed by atoms with van der Waals surface area (Å²) in [7, 11) is -3.85. The second-order valence-electron chi connectivity index (χ2n) is 9.34. The molecule has 1 aliphatic carbocycles. The van der Waals surface area contributed by atoms with E-state index in [-0.39, 0.29) is 29.6 Å². The van der Waals surface area contributed by atoms with E-state index in [1.54, 1.807) is 30.3 Å². The minimum atomic E-state index is -3.85. The molecular formula is C26H25FN4O3S. The van der Waals surface area contributed by atoms with Gasteiger partial charge in [-0.1, -0.05) is 30.3 Å². The van der Waals surface area contributed by atoms with Gasteiger partial charge in [0.1, 0.15) is 5.82 Å². The maximum absolute atomic E-state index is 14.9. The van der Waals surface area contributed by atoms with Gasteiger partial charge >= 0.3 is 0 Å². The molecule has 4 atom stereocenters. The fourth-order valence-corrected chi connectivity index (χ4v) is 6.33. The SMILES string of the molecule is N#C[C@@H](CC(=O)[C@H]1N[C@@H]2CC[C@H]1C2)Cc1ccc(-c2cnn(S(=O)(=O)c3ccccc3)c2)cc1F. The molecule has 0 spiro atoms. The summed E-state index contributed by atoms with van der Waals surface area (Å²) in [6, 6.07) is 14.9. The number of rotatable bonds is 8. The molecule has 3 aromatic rings. The third-order valence-electron chi connectivity index (χ3n) is 7.04. The zero-order chi connectivity index (χ0) is 24.6. The number of nitriles is 1. The Morgan fingerprint density at radius 2 is 2.00 bits per heavy atom. The average molecular weight is 493 g/mol. The second-order valence-corrected chi connectivity index (χ2v) is 11.1. The molecule has 1 N–H and O–H groups in total. The Labute approximate surface area is 203 Å². The molecule has 0 unspecified atom stereocenters. The van der Waals surface area contributed by atoms with Gasteiger partial charge in [0.15, 0.2) is 5.78 Å². The molecule has 1 aromatic heterocycles. The first-order valence-electron chi connectivity index (χ1n) is 11.7. The number of hydrogen-bond acceptors (Lipinski definition) is 6. The first-order chi connectivity index (χ1) is 16.8. The van der Waals surface area contributed by atoms with Crippen molar-refractivity contribution < 1.29 is 17.6 Å². The lowest BCUT2D eigenvalue weighted by atomic mass is 9.88. The molecular weight excluding hydrogens is 467 g/mol. The first-order valence-corrected chi connectivity index (χ1v) is 13.1. The Kier molecular flexibility index (Phi) is 6.26. The van der Waals surface area contributed by atoms with Gasteiger partial charge in [0.2, 0.25) is 0 Å². The van der Waals surface area contributed by atoms with Gasteiger partial charge < -0.3 is 5.32 Å². The van der Waals surface area contributed by atoms with Crippen LogP contribution in [-0.4, -0.2) is 35.5 Å². The maximum atomic E-state index is 14.9. The van der Waals surface area contributed by atoms with Crippen molar-refractivity contribution in [1.29, 1.82) is 5.26 Å². The molecule has 2 aromatic carbocycles. The number of piperidine rings is 1. The molecule has 2 aliphatic rings. The van der Waals surface area contributed by atoms with Crippen LogP contribution in [0.4, 0.5) is 4.39 Å². The molecule has 1 saturated carbocycles. The highest BCUT2D eigenvalue weighted by molar-refractivity contribution is 7.89. The van der Waals surface area contributed by atoms with E-state index in [0.717, 1.165) is 23.3 Å². The number of Topliss-reactive ketones (excluding diaryl/α,β-unsaturated/α-hetero) is 1. The minimum absolute atomic E-state index is 0.0350. The summed E-state index contributed by atoms with van der Waals surface area (Å²) >= 11 is 0. The van der Waals surface area contributed by atoms with Gasteiger partial charge in [-0.2, -0.15) is 22.9 Å². The summed E-state index contributed by atoms with van der Waals surface area (Å²) in [6.07, 6.45) is 6.12. The lowest BCUT2D eigenvalue weighted by Crippen LogP contribution is -2.42. The van der Waals surface area contributed by atoms with Crippen LogP contribution < -0.4 is 5.32 Å². The molecule has 0 radical (unpaired) electrons. The van der Waals surface area contributed by atoms with Gasteiger partial charge in [-0.05, 0) is 60.9 Å². The molecule has 180 valence electrons. The molecule has 35 heavy (non-hydrogen) atoms. The molecule has 9 heteroatoms. The third-order valence-corrected chi connectivity index (χ3v) is 8.60. The largest absolute Gasteiger partial charge is 0.304 e. The third kappa shape index (κ3) is 4.64. The van der Waals surface area contributed by atoms with Crippen LogP contribution in [-0.2, 0) is 21.2 Å². The normalized spacial score (nSPS) is 22.1. The smallest absolute Gasteiger partial charge is 0.282 e. The van der Waals surface area contributed by atoms with Crippen LogP contribution in [0, 0.1) is 29.0 Å². The van der Waals surface area contributed by atoms with E-state index >= 15 is 0 Å². The second kappa shape index (κ2) is 9.36. The number of ketones is 1. The number of benzene rings is 2. The number of fused-ring (bicyclic) bond motifs is 2. The summed E-state index contributed by atoms with van der Waals surface area (Å²) < 4.78 is 41.3. The van der Waals surface area contributed by atoms with Gasteiger partial charge in [-0.15, -0.1) is 0 Å². The van der Waals surface area contributed by atoms with E-state index in [0.29, 0.717) is 28.7 Å². The Hall–Kier alpha value is -3.35. The van der Waals surface area contributed by atoms with E-state index in [4.69, 9.17) is 0 Å². The Balaban J connectivity index is 1.28. The highest BCUT2D eigenvalue weighted by atomic mass is 32.2. The predicted octanol–water partition coefficient (Wildman–Crippen LogP) is 3.71. The fourth-order valence-electron chi connectivity index (χ4n) is 5.19. The number of carbonyl (C=O) groups is 1. The Morgan fingerprint density at radius 3 is 2.66 bits per heavy atom. The van der Waals surface area contributed by atoms with E-state index in [1.165, 1.54) is 30.6 Å². The minimum Gasteiger partial charge on any atom is -0.304 e. The van der Waals surface area contributed by atoms with E-state index in [9.17, 15) is 22.9 Å². The molecule has 1 aliphatic heterocycles. The summed E-state index contributed by atoms with van der Waals surface area (Å²) in [4.78, 5) is 12.8. The van der Waals surface area contributed by atoms with Crippen LogP contribution in [0.3, 0.4) is 0 Å². The van der Waals surface area contributed by atoms with E-state index < -0.39 is 21.8 Å². The molecule has 2 bridgehead atoms. The van der Waals surface area contributed by atoms with Crippen LogP contribution >= 0.6 is 0 Å². The number of nitrogens with zero attached hydrogens (tertiary/aromatic N) is 3. The van der Waals surface area contributed by atoms with Crippen molar-refractivity contribution in [1.82, 2.24) is 14.5 Å². The molecule has 7 nitrogen and oxygen atoms in total. The van der Waals surface area contributed by atoms with Crippen LogP contribution in [0.5, 0.6) is 0 Å². The standard InChI is InChI=1S/C26H25FN4O3S/c27-24-13-18(21-15-29-31(16-21)35(33,34)23-4-2-1-3-5-23)6-7-19(24)10-17(14-28)11-25(32)26-20-8-9-22(12-20)30-26/h1-7,13,15-17,20,22,26,30H,8-12H2/t17-,20+,22-,26+/m1/s1. The summed E-state index contributed by atoms with van der Waals surface area (Å²) in [5, 5.41) is 16.9. The lowest BCUT2D eigenvalue weighted by Gasteiger charge is -2.22. The zero-order valence-electron chi connectivity index (χ0n) is 19.0. The van der Waals surface area contributed by atoms with Crippen molar-refractivity contribution in [3.63, 3.8) is 0 Å². The van der Waals surface area contributed by atoms with Crippen LogP contribution in [0.15, 0.2) is 65.8 Å². The van der Waals surface area contributed by atoms with Crippen molar-refractivity contribution in [3.05, 3.63) is 72.3 Å². The van der Waals surface area contributed by atoms with Crippen molar-refractivity contribution in [2.24, 2.45) is 11.8 Å². The average Bonchev–Trinajstić information content (AvgIpc) is 3.63. The first kappa shape index (κ1) is 23.4. The molecule has 1 saturated heterocycles. The number of nitrogens with one attached hydrogen (secondary N) is 1. The lowest BCUT2D eigenvalue weighted by molar-refractivity contribution is -0.122. The summed E-state index contributed by atoms with van der Waals surface area (Å²) in [6.45, 7) is 0. The number of aromatic nitrogens is 2. The van der Waals surface area contributed by atoms with Gasteiger partial charge in [0, 0.05) is 18.0 Å². The zero-order valence-corrected chi connectivity index (χ0v) is 19.8. The number of carbonyl (C=O) groups excluding carboxylic acids is 1.